The Balaban J connectivity index is 2.40. The number of nitriles is 1. The Kier molecular flexibility index (Phi) is 4.50. The molecule has 0 aliphatic heterocycles. The molecule has 1 aromatic heterocycles. The Bertz CT molecular complexity index is 577. The monoisotopic (exact) mass is 293 g/mol. The van der Waals surface area contributed by atoms with E-state index in [1.165, 1.54) is 0 Å². The summed E-state index contributed by atoms with van der Waals surface area (Å²) >= 11 is 11.6. The number of para-hydroxylation sites is 1. The maximum Gasteiger partial charge on any atom is 0.235 e. The van der Waals surface area contributed by atoms with Gasteiger partial charge in [0, 0.05) is 12.2 Å². The Morgan fingerprint density at radius 1 is 1.05 bits per heavy atom. The minimum absolute atomic E-state index is 0.0212. The Hall–Kier alpha value is -1.90. The van der Waals surface area contributed by atoms with E-state index in [0.29, 0.717) is 18.9 Å². The van der Waals surface area contributed by atoms with Crippen LogP contribution in [0, 0.1) is 11.3 Å². The normalized spacial score (nSPS) is 9.95. The summed E-state index contributed by atoms with van der Waals surface area (Å²) in [6.45, 7) is 0.442. The minimum Gasteiger partial charge on any atom is -0.309 e. The van der Waals surface area contributed by atoms with Crippen LogP contribution in [0.25, 0.3) is 0 Å². The van der Waals surface area contributed by atoms with Gasteiger partial charge in [-0.1, -0.05) is 18.2 Å². The van der Waals surface area contributed by atoms with E-state index in [-0.39, 0.29) is 10.6 Å². The molecule has 0 unspecified atom stereocenters. The van der Waals surface area contributed by atoms with Crippen LogP contribution in [0.2, 0.25) is 10.6 Å². The van der Waals surface area contributed by atoms with E-state index in [4.69, 9.17) is 28.5 Å². The van der Waals surface area contributed by atoms with E-state index in [1.807, 2.05) is 30.3 Å². The molecule has 19 heavy (non-hydrogen) atoms. The van der Waals surface area contributed by atoms with Gasteiger partial charge in [0.15, 0.2) is 0 Å². The molecule has 0 aliphatic rings. The molecule has 0 radical (unpaired) electrons. The number of halogens is 2. The van der Waals surface area contributed by atoms with Gasteiger partial charge in [-0.2, -0.15) is 20.2 Å². The third-order valence-corrected chi connectivity index (χ3v) is 2.66. The number of rotatable bonds is 4. The van der Waals surface area contributed by atoms with Crippen molar-refractivity contribution in [2.75, 3.05) is 11.4 Å². The van der Waals surface area contributed by atoms with Crippen molar-refractivity contribution >= 4 is 34.8 Å². The molecule has 0 atom stereocenters. The molecule has 96 valence electrons. The Labute approximate surface area is 120 Å². The minimum atomic E-state index is 0.0212. The highest BCUT2D eigenvalue weighted by molar-refractivity contribution is 6.31. The highest BCUT2D eigenvalue weighted by Crippen LogP contribution is 2.23. The van der Waals surface area contributed by atoms with E-state index < -0.39 is 0 Å². The summed E-state index contributed by atoms with van der Waals surface area (Å²) in [5.74, 6) is 0.325. The van der Waals surface area contributed by atoms with E-state index in [9.17, 15) is 0 Å². The number of aromatic nitrogens is 3. The average molecular weight is 294 g/mol. The Morgan fingerprint density at radius 2 is 1.68 bits per heavy atom. The molecular formula is C12H9Cl2N5. The van der Waals surface area contributed by atoms with Crippen molar-refractivity contribution in [3.05, 3.63) is 40.9 Å². The Morgan fingerprint density at radius 3 is 2.26 bits per heavy atom. The lowest BCUT2D eigenvalue weighted by molar-refractivity contribution is 0.883. The first-order chi connectivity index (χ1) is 9.20. The summed E-state index contributed by atoms with van der Waals surface area (Å²) in [6.07, 6.45) is 0.329. The maximum atomic E-state index is 8.74. The van der Waals surface area contributed by atoms with Gasteiger partial charge in [-0.25, -0.2) is 0 Å². The maximum absolute atomic E-state index is 8.74. The molecule has 0 saturated carbocycles. The molecular weight excluding hydrogens is 285 g/mol. The predicted octanol–water partition coefficient (Wildman–Crippen LogP) is 3.23. The predicted molar refractivity (Wildman–Crippen MR) is 73.5 cm³/mol. The molecule has 0 N–H and O–H groups in total. The molecule has 2 rings (SSSR count). The lowest BCUT2D eigenvalue weighted by Crippen LogP contribution is -2.21. The van der Waals surface area contributed by atoms with Crippen molar-refractivity contribution in [2.45, 2.75) is 6.42 Å². The standard InChI is InChI=1S/C12H9Cl2N5/c13-10-16-11(14)18-12(17-10)19(8-4-7-15)9-5-2-1-3-6-9/h1-3,5-6H,4,8H2. The lowest BCUT2D eigenvalue weighted by Gasteiger charge is -2.21. The third-order valence-electron chi connectivity index (χ3n) is 2.33. The van der Waals surface area contributed by atoms with E-state index >= 15 is 0 Å². The summed E-state index contributed by atoms with van der Waals surface area (Å²) in [7, 11) is 0. The van der Waals surface area contributed by atoms with Crippen LogP contribution < -0.4 is 4.90 Å². The van der Waals surface area contributed by atoms with Crippen molar-refractivity contribution in [1.29, 1.82) is 5.26 Å². The van der Waals surface area contributed by atoms with E-state index in [2.05, 4.69) is 21.0 Å². The summed E-state index contributed by atoms with van der Waals surface area (Å²) in [4.78, 5) is 13.6. The lowest BCUT2D eigenvalue weighted by atomic mass is 10.3. The summed E-state index contributed by atoms with van der Waals surface area (Å²) in [5.41, 5.74) is 0.857. The molecule has 2 aromatic rings. The second-order valence-corrected chi connectivity index (χ2v) is 4.24. The molecule has 7 heteroatoms. The number of hydrogen-bond donors (Lipinski definition) is 0. The summed E-state index contributed by atoms with van der Waals surface area (Å²) < 4.78 is 0. The zero-order chi connectivity index (χ0) is 13.7. The zero-order valence-corrected chi connectivity index (χ0v) is 11.3. The van der Waals surface area contributed by atoms with Crippen LogP contribution in [0.15, 0.2) is 30.3 Å². The molecule has 0 spiro atoms. The van der Waals surface area contributed by atoms with Gasteiger partial charge < -0.3 is 4.90 Å². The number of hydrogen-bond acceptors (Lipinski definition) is 5. The SMILES string of the molecule is N#CCCN(c1ccccc1)c1nc(Cl)nc(Cl)n1. The largest absolute Gasteiger partial charge is 0.309 e. The van der Waals surface area contributed by atoms with Crippen LogP contribution in [0.3, 0.4) is 0 Å². The van der Waals surface area contributed by atoms with Gasteiger partial charge in [-0.05, 0) is 35.3 Å². The highest BCUT2D eigenvalue weighted by Gasteiger charge is 2.14. The fourth-order valence-corrected chi connectivity index (χ4v) is 1.91. The van der Waals surface area contributed by atoms with Gasteiger partial charge in [0.1, 0.15) is 0 Å². The first-order valence-corrected chi connectivity index (χ1v) is 6.23. The van der Waals surface area contributed by atoms with Crippen molar-refractivity contribution in [3.8, 4) is 6.07 Å². The molecule has 0 bridgehead atoms. The zero-order valence-electron chi connectivity index (χ0n) is 9.79. The average Bonchev–Trinajstić information content (AvgIpc) is 2.39. The van der Waals surface area contributed by atoms with Crippen LogP contribution in [0.4, 0.5) is 11.6 Å². The number of benzene rings is 1. The van der Waals surface area contributed by atoms with Crippen LogP contribution in [0.5, 0.6) is 0 Å². The van der Waals surface area contributed by atoms with E-state index in [0.717, 1.165) is 5.69 Å². The van der Waals surface area contributed by atoms with Gasteiger partial charge >= 0.3 is 0 Å². The van der Waals surface area contributed by atoms with Crippen molar-refractivity contribution in [3.63, 3.8) is 0 Å². The van der Waals surface area contributed by atoms with Crippen LogP contribution in [-0.4, -0.2) is 21.5 Å². The van der Waals surface area contributed by atoms with Gasteiger partial charge in [-0.15, -0.1) is 0 Å². The van der Waals surface area contributed by atoms with Crippen LogP contribution in [-0.2, 0) is 0 Å². The van der Waals surface area contributed by atoms with E-state index in [1.54, 1.807) is 4.90 Å². The van der Waals surface area contributed by atoms with Crippen LogP contribution in [0.1, 0.15) is 6.42 Å². The van der Waals surface area contributed by atoms with Gasteiger partial charge in [-0.3, -0.25) is 0 Å². The molecule has 0 aliphatic carbocycles. The molecule has 0 saturated heterocycles. The summed E-state index contributed by atoms with van der Waals surface area (Å²) in [5, 5.41) is 8.78. The first kappa shape index (κ1) is 13.5. The van der Waals surface area contributed by atoms with Crippen molar-refractivity contribution < 1.29 is 0 Å². The second-order valence-electron chi connectivity index (χ2n) is 3.57. The quantitative estimate of drug-likeness (QED) is 0.866. The fraction of sp³-hybridized carbons (Fsp3) is 0.167. The van der Waals surface area contributed by atoms with Gasteiger partial charge in [0.2, 0.25) is 16.5 Å². The van der Waals surface area contributed by atoms with Gasteiger partial charge in [0.25, 0.3) is 0 Å². The molecule has 0 amide bonds. The molecule has 0 fully saturated rings. The first-order valence-electron chi connectivity index (χ1n) is 5.47. The third kappa shape index (κ3) is 3.53. The fourth-order valence-electron chi connectivity index (χ4n) is 1.55. The second kappa shape index (κ2) is 6.32. The number of nitrogens with zero attached hydrogens (tertiary/aromatic N) is 5. The molecule has 1 heterocycles. The van der Waals surface area contributed by atoms with Crippen molar-refractivity contribution in [1.82, 2.24) is 15.0 Å². The molecule has 5 nitrogen and oxygen atoms in total. The van der Waals surface area contributed by atoms with Gasteiger partial charge in [0.05, 0.1) is 12.5 Å². The molecule has 1 aromatic carbocycles. The highest BCUT2D eigenvalue weighted by atomic mass is 35.5. The van der Waals surface area contributed by atoms with Crippen LogP contribution >= 0.6 is 23.2 Å². The summed E-state index contributed by atoms with van der Waals surface area (Å²) in [6, 6.07) is 11.5. The number of anilines is 2. The topological polar surface area (TPSA) is 65.7 Å². The smallest absolute Gasteiger partial charge is 0.235 e. The van der Waals surface area contributed by atoms with Crippen molar-refractivity contribution in [2.24, 2.45) is 0 Å².